The second kappa shape index (κ2) is 6.31. The van der Waals surface area contributed by atoms with Gasteiger partial charge < -0.3 is 5.32 Å². The molecule has 0 fully saturated rings. The molecule has 0 aliphatic heterocycles. The summed E-state index contributed by atoms with van der Waals surface area (Å²) in [5.74, 6) is -0.669. The van der Waals surface area contributed by atoms with Gasteiger partial charge in [0.15, 0.2) is 0 Å². The first-order chi connectivity index (χ1) is 9.58. The van der Waals surface area contributed by atoms with Crippen molar-refractivity contribution in [3.05, 3.63) is 63.9 Å². The zero-order chi connectivity index (χ0) is 14.5. The third kappa shape index (κ3) is 3.65. The van der Waals surface area contributed by atoms with Gasteiger partial charge in [0, 0.05) is 5.69 Å². The van der Waals surface area contributed by atoms with Crippen LogP contribution in [0.5, 0.6) is 0 Å². The molecule has 0 saturated heterocycles. The second-order valence-electron chi connectivity index (χ2n) is 4.16. The van der Waals surface area contributed by atoms with Gasteiger partial charge in [-0.15, -0.1) is 0 Å². The van der Waals surface area contributed by atoms with Crippen molar-refractivity contribution in [1.82, 2.24) is 0 Å². The van der Waals surface area contributed by atoms with E-state index in [-0.39, 0.29) is 12.3 Å². The number of benzene rings is 2. The summed E-state index contributed by atoms with van der Waals surface area (Å²) >= 11 is 3.05. The summed E-state index contributed by atoms with van der Waals surface area (Å²) in [6, 6.07) is 13.2. The summed E-state index contributed by atoms with van der Waals surface area (Å²) < 4.78 is 13.7. The fourth-order valence-electron chi connectivity index (χ4n) is 1.66. The van der Waals surface area contributed by atoms with Crippen molar-refractivity contribution in [3.8, 4) is 6.07 Å². The molecule has 0 heterocycles. The predicted octanol–water partition coefficient (Wildman–Crippen LogP) is 3.64. The minimum Gasteiger partial charge on any atom is -0.326 e. The number of nitrogens with zero attached hydrogens (tertiary/aromatic N) is 1. The SMILES string of the molecule is N#Cc1ccc(CC(=O)Nc2ccc(Br)c(F)c2)cc1. The first-order valence-electron chi connectivity index (χ1n) is 5.82. The van der Waals surface area contributed by atoms with Crippen molar-refractivity contribution in [2.75, 3.05) is 5.32 Å². The van der Waals surface area contributed by atoms with Crippen LogP contribution in [0.15, 0.2) is 46.9 Å². The number of hydrogen-bond acceptors (Lipinski definition) is 2. The van der Waals surface area contributed by atoms with Crippen LogP contribution in [-0.2, 0) is 11.2 Å². The standard InChI is InChI=1S/C15H10BrFN2O/c16-13-6-5-12(8-14(13)17)19-15(20)7-10-1-3-11(9-18)4-2-10/h1-6,8H,7H2,(H,19,20). The number of carbonyl (C=O) groups is 1. The molecule has 0 aromatic heterocycles. The van der Waals surface area contributed by atoms with Crippen molar-refractivity contribution >= 4 is 27.5 Å². The molecule has 0 saturated carbocycles. The predicted molar refractivity (Wildman–Crippen MR) is 77.6 cm³/mol. The van der Waals surface area contributed by atoms with Gasteiger partial charge in [0.05, 0.1) is 22.5 Å². The van der Waals surface area contributed by atoms with E-state index in [1.165, 1.54) is 12.1 Å². The molecule has 100 valence electrons. The van der Waals surface area contributed by atoms with Crippen LogP contribution < -0.4 is 5.32 Å². The Morgan fingerprint density at radius 1 is 1.25 bits per heavy atom. The van der Waals surface area contributed by atoms with Crippen LogP contribution in [0.25, 0.3) is 0 Å². The van der Waals surface area contributed by atoms with Crippen LogP contribution in [0.1, 0.15) is 11.1 Å². The maximum atomic E-state index is 13.3. The van der Waals surface area contributed by atoms with Crippen molar-refractivity contribution < 1.29 is 9.18 Å². The number of hydrogen-bond donors (Lipinski definition) is 1. The quantitative estimate of drug-likeness (QED) is 0.932. The smallest absolute Gasteiger partial charge is 0.228 e. The first-order valence-corrected chi connectivity index (χ1v) is 6.62. The highest BCUT2D eigenvalue weighted by molar-refractivity contribution is 9.10. The van der Waals surface area contributed by atoms with E-state index in [1.54, 1.807) is 30.3 Å². The molecule has 0 atom stereocenters. The summed E-state index contributed by atoms with van der Waals surface area (Å²) in [4.78, 5) is 11.8. The third-order valence-corrected chi connectivity index (χ3v) is 3.29. The molecule has 3 nitrogen and oxygen atoms in total. The first kappa shape index (κ1) is 14.2. The molecular weight excluding hydrogens is 323 g/mol. The molecule has 1 amide bonds. The average Bonchev–Trinajstić information content (AvgIpc) is 2.44. The average molecular weight is 333 g/mol. The highest BCUT2D eigenvalue weighted by atomic mass is 79.9. The van der Waals surface area contributed by atoms with Crippen LogP contribution in [-0.4, -0.2) is 5.91 Å². The van der Waals surface area contributed by atoms with Crippen molar-refractivity contribution in [3.63, 3.8) is 0 Å². The lowest BCUT2D eigenvalue weighted by molar-refractivity contribution is -0.115. The van der Waals surface area contributed by atoms with E-state index >= 15 is 0 Å². The van der Waals surface area contributed by atoms with E-state index in [0.717, 1.165) is 5.56 Å². The van der Waals surface area contributed by atoms with Crippen molar-refractivity contribution in [2.24, 2.45) is 0 Å². The number of rotatable bonds is 3. The molecule has 20 heavy (non-hydrogen) atoms. The molecule has 5 heteroatoms. The molecule has 0 radical (unpaired) electrons. The summed E-state index contributed by atoms with van der Waals surface area (Å²) in [5, 5.41) is 11.3. The number of carbonyl (C=O) groups excluding carboxylic acids is 1. The maximum absolute atomic E-state index is 13.3. The summed E-state index contributed by atoms with van der Waals surface area (Å²) in [6.45, 7) is 0. The van der Waals surface area contributed by atoms with Crippen LogP contribution in [0.2, 0.25) is 0 Å². The van der Waals surface area contributed by atoms with Gasteiger partial charge in [-0.25, -0.2) is 4.39 Å². The highest BCUT2D eigenvalue weighted by Gasteiger charge is 2.06. The topological polar surface area (TPSA) is 52.9 Å². The van der Waals surface area contributed by atoms with E-state index in [0.29, 0.717) is 15.7 Å². The van der Waals surface area contributed by atoms with Gasteiger partial charge in [-0.05, 0) is 51.8 Å². The number of nitrogens with one attached hydrogen (secondary N) is 1. The Bertz CT molecular complexity index is 677. The summed E-state index contributed by atoms with van der Waals surface area (Å²) in [7, 11) is 0. The lowest BCUT2D eigenvalue weighted by Gasteiger charge is -2.06. The number of halogens is 2. The number of nitriles is 1. The minimum atomic E-state index is -0.429. The third-order valence-electron chi connectivity index (χ3n) is 2.65. The minimum absolute atomic E-state index is 0.170. The molecule has 1 N–H and O–H groups in total. The van der Waals surface area contributed by atoms with E-state index < -0.39 is 5.82 Å². The molecule has 0 unspecified atom stereocenters. The van der Waals surface area contributed by atoms with Crippen molar-refractivity contribution in [2.45, 2.75) is 6.42 Å². The van der Waals surface area contributed by atoms with Gasteiger partial charge in [-0.1, -0.05) is 12.1 Å². The van der Waals surface area contributed by atoms with E-state index in [4.69, 9.17) is 5.26 Å². The monoisotopic (exact) mass is 332 g/mol. The Balaban J connectivity index is 2.01. The number of amides is 1. The van der Waals surface area contributed by atoms with Crippen LogP contribution in [0.4, 0.5) is 10.1 Å². The zero-order valence-corrected chi connectivity index (χ0v) is 11.9. The highest BCUT2D eigenvalue weighted by Crippen LogP contribution is 2.19. The Kier molecular flexibility index (Phi) is 4.49. The summed E-state index contributed by atoms with van der Waals surface area (Å²) in [6.07, 6.45) is 0.170. The largest absolute Gasteiger partial charge is 0.326 e. The van der Waals surface area contributed by atoms with Gasteiger partial charge in [-0.2, -0.15) is 5.26 Å². The molecule has 2 rings (SSSR count). The van der Waals surface area contributed by atoms with E-state index in [1.807, 2.05) is 6.07 Å². The van der Waals surface area contributed by atoms with Gasteiger partial charge in [0.25, 0.3) is 0 Å². The molecule has 2 aromatic rings. The van der Waals surface area contributed by atoms with Crippen LogP contribution >= 0.6 is 15.9 Å². The molecule has 0 aliphatic carbocycles. The fraction of sp³-hybridized carbons (Fsp3) is 0.0667. The van der Waals surface area contributed by atoms with Crippen LogP contribution in [0.3, 0.4) is 0 Å². The lowest BCUT2D eigenvalue weighted by Crippen LogP contribution is -2.14. The second-order valence-corrected chi connectivity index (χ2v) is 5.02. The lowest BCUT2D eigenvalue weighted by atomic mass is 10.1. The maximum Gasteiger partial charge on any atom is 0.228 e. The molecule has 0 bridgehead atoms. The van der Waals surface area contributed by atoms with Gasteiger partial charge in [0.2, 0.25) is 5.91 Å². The zero-order valence-electron chi connectivity index (χ0n) is 10.4. The van der Waals surface area contributed by atoms with Gasteiger partial charge in [0.1, 0.15) is 5.82 Å². The summed E-state index contributed by atoms with van der Waals surface area (Å²) in [5.41, 5.74) is 1.74. The molecule has 0 spiro atoms. The Hall–Kier alpha value is -2.19. The molecular formula is C15H10BrFN2O. The molecule has 2 aromatic carbocycles. The Morgan fingerprint density at radius 2 is 1.95 bits per heavy atom. The van der Waals surface area contributed by atoms with E-state index in [9.17, 15) is 9.18 Å². The molecule has 0 aliphatic rings. The van der Waals surface area contributed by atoms with Crippen molar-refractivity contribution in [1.29, 1.82) is 5.26 Å². The fourth-order valence-corrected chi connectivity index (χ4v) is 1.91. The van der Waals surface area contributed by atoms with Crippen LogP contribution in [0, 0.1) is 17.1 Å². The normalized spacial score (nSPS) is 9.85. The van der Waals surface area contributed by atoms with Gasteiger partial charge in [-0.3, -0.25) is 4.79 Å². The Labute approximate surface area is 124 Å². The Morgan fingerprint density at radius 3 is 2.55 bits per heavy atom. The van der Waals surface area contributed by atoms with Gasteiger partial charge >= 0.3 is 0 Å². The number of anilines is 1. The van der Waals surface area contributed by atoms with E-state index in [2.05, 4.69) is 21.2 Å².